The molecule has 3 aromatic heterocycles. The number of aromatic amines is 1. The lowest BCUT2D eigenvalue weighted by Gasteiger charge is -2.05. The summed E-state index contributed by atoms with van der Waals surface area (Å²) in [5, 5.41) is 1.54. The Bertz CT molecular complexity index is 996. The van der Waals surface area contributed by atoms with Gasteiger partial charge in [0.1, 0.15) is 17.8 Å². The molecule has 0 saturated carbocycles. The van der Waals surface area contributed by atoms with Crippen LogP contribution in [0.25, 0.3) is 33.1 Å². The number of nitrogens with zero attached hydrogens (tertiary/aromatic N) is 3. The molecule has 0 amide bonds. The zero-order chi connectivity index (χ0) is 15.1. The molecule has 0 bridgehead atoms. The van der Waals surface area contributed by atoms with Crippen molar-refractivity contribution in [3.8, 4) is 17.0 Å². The van der Waals surface area contributed by atoms with Gasteiger partial charge in [0.2, 0.25) is 5.88 Å². The Morgan fingerprint density at radius 1 is 1.09 bits per heavy atom. The monoisotopic (exact) mass is 294 g/mol. The van der Waals surface area contributed by atoms with Gasteiger partial charge in [-0.15, -0.1) is 0 Å². The minimum absolute atomic E-state index is 0.366. The molecule has 4 rings (SSSR count). The van der Waals surface area contributed by atoms with E-state index in [0.717, 1.165) is 27.4 Å². The van der Waals surface area contributed by atoms with Crippen LogP contribution in [0.5, 0.6) is 5.88 Å². The lowest BCUT2D eigenvalue weighted by atomic mass is 10.0. The molecule has 0 aliphatic carbocycles. The Balaban J connectivity index is 1.98. The summed E-state index contributed by atoms with van der Waals surface area (Å²) in [7, 11) is 1.57. The Hall–Kier alpha value is -3.02. The molecule has 0 atom stereocenters. The third kappa shape index (κ3) is 1.88. The summed E-state index contributed by atoms with van der Waals surface area (Å²) in [6, 6.07) is 7.22. The number of ether oxygens (including phenoxy) is 1. The van der Waals surface area contributed by atoms with Crippen molar-refractivity contribution in [3.63, 3.8) is 0 Å². The second-order valence-electron chi connectivity index (χ2n) is 4.87. The van der Waals surface area contributed by atoms with Crippen LogP contribution >= 0.6 is 0 Å². The van der Waals surface area contributed by atoms with Gasteiger partial charge in [-0.3, -0.25) is 0 Å². The van der Waals surface area contributed by atoms with Gasteiger partial charge in [-0.2, -0.15) is 0 Å². The standard InChI is InChI=1S/C16H11FN4O/c1-22-16-12-4-9(2-3-14(12)20-8-21-16)13-7-19-15-11(13)5-10(17)6-18-15/h2-8H,1H3,(H,18,19). The Kier molecular flexibility index (Phi) is 2.75. The number of fused-ring (bicyclic) bond motifs is 2. The molecular formula is C16H11FN4O. The number of rotatable bonds is 2. The number of methoxy groups -OCH3 is 1. The molecule has 3 heterocycles. The highest BCUT2D eigenvalue weighted by atomic mass is 19.1. The minimum Gasteiger partial charge on any atom is -0.480 e. The van der Waals surface area contributed by atoms with Gasteiger partial charge in [-0.05, 0) is 23.8 Å². The van der Waals surface area contributed by atoms with E-state index in [9.17, 15) is 4.39 Å². The third-order valence-electron chi connectivity index (χ3n) is 3.60. The predicted octanol–water partition coefficient (Wildman–Crippen LogP) is 3.32. The number of H-pyrrole nitrogens is 1. The highest BCUT2D eigenvalue weighted by Crippen LogP contribution is 2.32. The fraction of sp³-hybridized carbons (Fsp3) is 0.0625. The summed E-state index contributed by atoms with van der Waals surface area (Å²) in [6.07, 6.45) is 4.47. The molecule has 1 N–H and O–H groups in total. The Labute approximate surface area is 124 Å². The summed E-state index contributed by atoms with van der Waals surface area (Å²) in [5.41, 5.74) is 3.22. The first-order valence-corrected chi connectivity index (χ1v) is 6.68. The summed E-state index contributed by atoms with van der Waals surface area (Å²) < 4.78 is 18.7. The van der Waals surface area contributed by atoms with E-state index in [1.165, 1.54) is 18.6 Å². The van der Waals surface area contributed by atoms with E-state index in [2.05, 4.69) is 19.9 Å². The van der Waals surface area contributed by atoms with Crippen molar-refractivity contribution >= 4 is 21.9 Å². The van der Waals surface area contributed by atoms with E-state index in [0.29, 0.717) is 11.5 Å². The molecule has 0 saturated heterocycles. The number of pyridine rings is 1. The molecule has 0 fully saturated rings. The van der Waals surface area contributed by atoms with Gasteiger partial charge in [0.15, 0.2) is 0 Å². The van der Waals surface area contributed by atoms with E-state index in [1.807, 2.05) is 24.4 Å². The molecule has 0 spiro atoms. The van der Waals surface area contributed by atoms with Crippen molar-refractivity contribution in [3.05, 3.63) is 48.8 Å². The Morgan fingerprint density at radius 3 is 2.86 bits per heavy atom. The first-order valence-electron chi connectivity index (χ1n) is 6.68. The predicted molar refractivity (Wildman–Crippen MR) is 81.1 cm³/mol. The number of hydrogen-bond donors (Lipinski definition) is 1. The van der Waals surface area contributed by atoms with E-state index in [1.54, 1.807) is 7.11 Å². The van der Waals surface area contributed by atoms with Gasteiger partial charge in [-0.25, -0.2) is 19.3 Å². The van der Waals surface area contributed by atoms with Crippen LogP contribution in [0.1, 0.15) is 0 Å². The lowest BCUT2D eigenvalue weighted by Crippen LogP contribution is -1.91. The van der Waals surface area contributed by atoms with Gasteiger partial charge >= 0.3 is 0 Å². The summed E-state index contributed by atoms with van der Waals surface area (Å²) in [5.74, 6) is 0.144. The van der Waals surface area contributed by atoms with Gasteiger partial charge in [0, 0.05) is 17.1 Å². The fourth-order valence-corrected chi connectivity index (χ4v) is 2.58. The second-order valence-corrected chi connectivity index (χ2v) is 4.87. The zero-order valence-electron chi connectivity index (χ0n) is 11.7. The lowest BCUT2D eigenvalue weighted by molar-refractivity contribution is 0.402. The molecule has 108 valence electrons. The van der Waals surface area contributed by atoms with Gasteiger partial charge in [0.25, 0.3) is 0 Å². The molecule has 4 aromatic rings. The molecule has 0 aliphatic heterocycles. The van der Waals surface area contributed by atoms with E-state index in [4.69, 9.17) is 4.74 Å². The van der Waals surface area contributed by atoms with Gasteiger partial charge < -0.3 is 9.72 Å². The van der Waals surface area contributed by atoms with Crippen molar-refractivity contribution in [2.75, 3.05) is 7.11 Å². The number of aromatic nitrogens is 4. The molecule has 1 aromatic carbocycles. The first-order chi connectivity index (χ1) is 10.8. The van der Waals surface area contributed by atoms with Crippen molar-refractivity contribution in [1.29, 1.82) is 0 Å². The minimum atomic E-state index is -0.366. The molecule has 5 nitrogen and oxygen atoms in total. The normalized spacial score (nSPS) is 11.2. The smallest absolute Gasteiger partial charge is 0.224 e. The first kappa shape index (κ1) is 12.7. The molecular weight excluding hydrogens is 283 g/mol. The van der Waals surface area contributed by atoms with Crippen LogP contribution in [-0.2, 0) is 0 Å². The van der Waals surface area contributed by atoms with Crippen molar-refractivity contribution < 1.29 is 9.13 Å². The van der Waals surface area contributed by atoms with E-state index >= 15 is 0 Å². The van der Waals surface area contributed by atoms with Gasteiger partial charge in [0.05, 0.1) is 24.2 Å². The van der Waals surface area contributed by atoms with E-state index in [-0.39, 0.29) is 5.82 Å². The molecule has 0 aliphatic rings. The van der Waals surface area contributed by atoms with Crippen LogP contribution in [0.4, 0.5) is 4.39 Å². The number of halogens is 1. The maximum atomic E-state index is 13.5. The topological polar surface area (TPSA) is 63.7 Å². The average molecular weight is 294 g/mol. The van der Waals surface area contributed by atoms with Crippen LogP contribution in [0.15, 0.2) is 43.0 Å². The summed E-state index contributed by atoms with van der Waals surface area (Å²) in [6.45, 7) is 0. The van der Waals surface area contributed by atoms with Crippen LogP contribution < -0.4 is 4.74 Å². The highest BCUT2D eigenvalue weighted by Gasteiger charge is 2.11. The Morgan fingerprint density at radius 2 is 2.00 bits per heavy atom. The number of nitrogens with one attached hydrogen (secondary N) is 1. The number of hydrogen-bond acceptors (Lipinski definition) is 4. The summed E-state index contributed by atoms with van der Waals surface area (Å²) >= 11 is 0. The number of benzene rings is 1. The average Bonchev–Trinajstić information content (AvgIpc) is 2.96. The largest absolute Gasteiger partial charge is 0.480 e. The molecule has 0 unspecified atom stereocenters. The second kappa shape index (κ2) is 4.77. The molecule has 0 radical (unpaired) electrons. The highest BCUT2D eigenvalue weighted by molar-refractivity contribution is 5.97. The van der Waals surface area contributed by atoms with Gasteiger partial charge in [-0.1, -0.05) is 6.07 Å². The fourth-order valence-electron chi connectivity index (χ4n) is 2.58. The maximum Gasteiger partial charge on any atom is 0.224 e. The SMILES string of the molecule is COc1ncnc2ccc(-c3c[nH]c4ncc(F)cc34)cc12. The van der Waals surface area contributed by atoms with Crippen molar-refractivity contribution in [2.24, 2.45) is 0 Å². The molecule has 22 heavy (non-hydrogen) atoms. The van der Waals surface area contributed by atoms with Crippen molar-refractivity contribution in [1.82, 2.24) is 19.9 Å². The maximum absolute atomic E-state index is 13.5. The van der Waals surface area contributed by atoms with Crippen LogP contribution in [-0.4, -0.2) is 27.0 Å². The molecule has 6 heteroatoms. The third-order valence-corrected chi connectivity index (χ3v) is 3.60. The summed E-state index contributed by atoms with van der Waals surface area (Å²) in [4.78, 5) is 15.4. The van der Waals surface area contributed by atoms with Crippen molar-refractivity contribution in [2.45, 2.75) is 0 Å². The zero-order valence-corrected chi connectivity index (χ0v) is 11.7. The van der Waals surface area contributed by atoms with Crippen LogP contribution in [0.2, 0.25) is 0 Å². The van der Waals surface area contributed by atoms with E-state index < -0.39 is 0 Å². The quantitative estimate of drug-likeness (QED) is 0.616. The van der Waals surface area contributed by atoms with Crippen LogP contribution in [0, 0.1) is 5.82 Å². The van der Waals surface area contributed by atoms with Crippen LogP contribution in [0.3, 0.4) is 0 Å².